The maximum atomic E-state index is 10.7. The molecule has 1 aromatic carbocycles. The fraction of sp³-hybridized carbons (Fsp3) is 0.462. The predicted octanol–water partition coefficient (Wildman–Crippen LogP) is 2.25. The van der Waals surface area contributed by atoms with Crippen LogP contribution in [0.25, 0.3) is 0 Å². The van der Waals surface area contributed by atoms with Crippen LogP contribution in [0.5, 0.6) is 0 Å². The number of nitriles is 1. The van der Waals surface area contributed by atoms with Crippen molar-refractivity contribution in [1.29, 1.82) is 5.26 Å². The lowest BCUT2D eigenvalue weighted by atomic mass is 10.0. The molecule has 19 heavy (non-hydrogen) atoms. The number of nitrogens with two attached hydrogens (primary N) is 1. The van der Waals surface area contributed by atoms with Crippen LogP contribution < -0.4 is 11.1 Å². The molecule has 0 bridgehead atoms. The molecule has 0 aromatic heterocycles. The molecule has 3 N–H and O–H groups in total. The van der Waals surface area contributed by atoms with Crippen LogP contribution in [0.1, 0.15) is 25.8 Å². The van der Waals surface area contributed by atoms with Gasteiger partial charge in [-0.15, -0.1) is 0 Å². The molecule has 6 nitrogen and oxygen atoms in total. The molecule has 102 valence electrons. The Morgan fingerprint density at radius 1 is 1.53 bits per heavy atom. The molecule has 0 aliphatic heterocycles. The van der Waals surface area contributed by atoms with E-state index in [2.05, 4.69) is 19.2 Å². The monoisotopic (exact) mass is 262 g/mol. The highest BCUT2D eigenvalue weighted by Crippen LogP contribution is 2.22. The van der Waals surface area contributed by atoms with Crippen LogP contribution >= 0.6 is 0 Å². The van der Waals surface area contributed by atoms with Gasteiger partial charge in [-0.25, -0.2) is 0 Å². The molecule has 1 aromatic rings. The summed E-state index contributed by atoms with van der Waals surface area (Å²) in [6.07, 6.45) is 0.898. The van der Waals surface area contributed by atoms with Crippen molar-refractivity contribution in [1.82, 2.24) is 0 Å². The molecule has 0 fully saturated rings. The number of nitrogens with one attached hydrogen (secondary N) is 1. The van der Waals surface area contributed by atoms with E-state index in [9.17, 15) is 10.1 Å². The lowest BCUT2D eigenvalue weighted by Gasteiger charge is -2.20. The van der Waals surface area contributed by atoms with Crippen LogP contribution in [0.4, 0.5) is 11.4 Å². The van der Waals surface area contributed by atoms with Crippen molar-refractivity contribution >= 4 is 11.4 Å². The molecule has 0 saturated heterocycles. The number of nitrogens with zero attached hydrogens (tertiary/aromatic N) is 2. The van der Waals surface area contributed by atoms with Crippen molar-refractivity contribution in [2.45, 2.75) is 26.3 Å². The second-order valence-corrected chi connectivity index (χ2v) is 4.81. The Kier molecular flexibility index (Phi) is 5.27. The van der Waals surface area contributed by atoms with E-state index in [1.807, 2.05) is 6.07 Å². The maximum absolute atomic E-state index is 10.7. The molecule has 0 aliphatic rings. The van der Waals surface area contributed by atoms with E-state index in [0.717, 1.165) is 6.42 Å². The summed E-state index contributed by atoms with van der Waals surface area (Å²) in [5.74, 6) is 0.495. The number of nitro benzene ring substituents is 1. The summed E-state index contributed by atoms with van der Waals surface area (Å²) < 4.78 is 0. The SMILES string of the molecule is CC(C)CC(CN)Nc1ccc([N+](=O)[O-])c(C#N)c1. The van der Waals surface area contributed by atoms with Crippen LogP contribution in [0, 0.1) is 27.4 Å². The Morgan fingerprint density at radius 2 is 2.21 bits per heavy atom. The minimum absolute atomic E-state index is 0.0512. The minimum Gasteiger partial charge on any atom is -0.381 e. The predicted molar refractivity (Wildman–Crippen MR) is 73.7 cm³/mol. The number of nitro groups is 1. The van der Waals surface area contributed by atoms with Crippen molar-refractivity contribution in [3.8, 4) is 6.07 Å². The molecule has 1 atom stereocenters. The molecule has 0 amide bonds. The van der Waals surface area contributed by atoms with E-state index in [1.54, 1.807) is 6.07 Å². The minimum atomic E-state index is -0.559. The summed E-state index contributed by atoms with van der Waals surface area (Å²) in [6.45, 7) is 4.67. The van der Waals surface area contributed by atoms with Crippen molar-refractivity contribution in [2.24, 2.45) is 11.7 Å². The highest BCUT2D eigenvalue weighted by atomic mass is 16.6. The van der Waals surface area contributed by atoms with Crippen molar-refractivity contribution in [3.63, 3.8) is 0 Å². The van der Waals surface area contributed by atoms with Gasteiger partial charge in [-0.05, 0) is 24.5 Å². The summed E-state index contributed by atoms with van der Waals surface area (Å²) >= 11 is 0. The zero-order valence-electron chi connectivity index (χ0n) is 11.1. The van der Waals surface area contributed by atoms with Crippen molar-refractivity contribution < 1.29 is 4.92 Å². The van der Waals surface area contributed by atoms with Crippen molar-refractivity contribution in [2.75, 3.05) is 11.9 Å². The van der Waals surface area contributed by atoms with Gasteiger partial charge in [0.05, 0.1) is 4.92 Å². The second-order valence-electron chi connectivity index (χ2n) is 4.81. The van der Waals surface area contributed by atoms with Crippen LogP contribution in [0.2, 0.25) is 0 Å². The van der Waals surface area contributed by atoms with Gasteiger partial charge in [-0.1, -0.05) is 13.8 Å². The number of anilines is 1. The zero-order valence-corrected chi connectivity index (χ0v) is 11.1. The molecular weight excluding hydrogens is 244 g/mol. The van der Waals surface area contributed by atoms with Gasteiger partial charge >= 0.3 is 0 Å². The van der Waals surface area contributed by atoms with Gasteiger partial charge < -0.3 is 11.1 Å². The average Bonchev–Trinajstić information content (AvgIpc) is 2.36. The van der Waals surface area contributed by atoms with E-state index < -0.39 is 4.92 Å². The Bertz CT molecular complexity index is 494. The largest absolute Gasteiger partial charge is 0.381 e. The van der Waals surface area contributed by atoms with Crippen LogP contribution in [-0.2, 0) is 0 Å². The molecule has 1 unspecified atom stereocenters. The highest BCUT2D eigenvalue weighted by molar-refractivity contribution is 5.59. The summed E-state index contributed by atoms with van der Waals surface area (Å²) in [4.78, 5) is 10.2. The third-order valence-electron chi connectivity index (χ3n) is 2.72. The van der Waals surface area contributed by atoms with E-state index >= 15 is 0 Å². The maximum Gasteiger partial charge on any atom is 0.287 e. The Labute approximate surface area is 112 Å². The first-order valence-electron chi connectivity index (χ1n) is 6.13. The number of hydrogen-bond acceptors (Lipinski definition) is 5. The number of benzene rings is 1. The van der Waals surface area contributed by atoms with Crippen LogP contribution in [-0.4, -0.2) is 17.5 Å². The lowest BCUT2D eigenvalue weighted by Crippen LogP contribution is -2.30. The Balaban J connectivity index is 2.91. The number of hydrogen-bond donors (Lipinski definition) is 2. The molecule has 0 heterocycles. The van der Waals surface area contributed by atoms with Gasteiger partial charge in [0, 0.05) is 24.3 Å². The summed E-state index contributed by atoms with van der Waals surface area (Å²) in [5, 5.41) is 22.9. The quantitative estimate of drug-likeness (QED) is 0.604. The molecule has 0 radical (unpaired) electrons. The third-order valence-corrected chi connectivity index (χ3v) is 2.72. The van der Waals surface area contributed by atoms with Gasteiger partial charge in [-0.3, -0.25) is 10.1 Å². The van der Waals surface area contributed by atoms with E-state index in [-0.39, 0.29) is 17.3 Å². The second kappa shape index (κ2) is 6.71. The van der Waals surface area contributed by atoms with Crippen molar-refractivity contribution in [3.05, 3.63) is 33.9 Å². The first kappa shape index (κ1) is 14.9. The fourth-order valence-electron chi connectivity index (χ4n) is 1.89. The van der Waals surface area contributed by atoms with E-state index in [0.29, 0.717) is 18.2 Å². The molecule has 0 spiro atoms. The molecular formula is C13H18N4O2. The van der Waals surface area contributed by atoms with Gasteiger partial charge in [0.25, 0.3) is 5.69 Å². The zero-order chi connectivity index (χ0) is 14.4. The first-order valence-corrected chi connectivity index (χ1v) is 6.13. The standard InChI is InChI=1S/C13H18N4O2/c1-9(2)5-12(8-15)16-11-3-4-13(17(18)19)10(6-11)7-14/h3-4,6,9,12,16H,5,8,15H2,1-2H3. The van der Waals surface area contributed by atoms with Gasteiger partial charge in [0.15, 0.2) is 0 Å². The first-order chi connectivity index (χ1) is 8.97. The molecule has 0 saturated carbocycles. The van der Waals surface area contributed by atoms with E-state index in [4.69, 9.17) is 11.0 Å². The van der Waals surface area contributed by atoms with Gasteiger partial charge in [0.1, 0.15) is 11.6 Å². The molecule has 6 heteroatoms. The van der Waals surface area contributed by atoms with Crippen LogP contribution in [0.15, 0.2) is 18.2 Å². The fourth-order valence-corrected chi connectivity index (χ4v) is 1.89. The Morgan fingerprint density at radius 3 is 2.68 bits per heavy atom. The normalized spacial score (nSPS) is 11.9. The summed E-state index contributed by atoms with van der Waals surface area (Å²) in [5.41, 5.74) is 6.23. The number of rotatable bonds is 6. The summed E-state index contributed by atoms with van der Waals surface area (Å²) in [7, 11) is 0. The highest BCUT2D eigenvalue weighted by Gasteiger charge is 2.15. The smallest absolute Gasteiger partial charge is 0.287 e. The van der Waals surface area contributed by atoms with Gasteiger partial charge in [0.2, 0.25) is 0 Å². The van der Waals surface area contributed by atoms with Crippen LogP contribution in [0.3, 0.4) is 0 Å². The third kappa shape index (κ3) is 4.23. The van der Waals surface area contributed by atoms with Gasteiger partial charge in [-0.2, -0.15) is 5.26 Å². The average molecular weight is 262 g/mol. The molecule has 1 rings (SSSR count). The molecule has 0 aliphatic carbocycles. The lowest BCUT2D eigenvalue weighted by molar-refractivity contribution is -0.385. The summed E-state index contributed by atoms with van der Waals surface area (Å²) in [6, 6.07) is 6.35. The Hall–Kier alpha value is -2.13. The van der Waals surface area contributed by atoms with E-state index in [1.165, 1.54) is 12.1 Å². The topological polar surface area (TPSA) is 105 Å².